The number of sulfonamides is 1. The van der Waals surface area contributed by atoms with Gasteiger partial charge >= 0.3 is 0 Å². The molecule has 0 aromatic heterocycles. The molecule has 1 fully saturated rings. The van der Waals surface area contributed by atoms with Crippen LogP contribution < -0.4 is 4.72 Å². The van der Waals surface area contributed by atoms with Gasteiger partial charge in [0.15, 0.2) is 0 Å². The topological polar surface area (TPSA) is 55.4 Å². The fraction of sp³-hybridized carbons (Fsp3) is 0.500. The van der Waals surface area contributed by atoms with Crippen LogP contribution in [0.4, 0.5) is 0 Å². The van der Waals surface area contributed by atoms with Crippen molar-refractivity contribution in [3.05, 3.63) is 42.0 Å². The molecule has 0 spiro atoms. The Morgan fingerprint density at radius 2 is 2.00 bits per heavy atom. The maximum absolute atomic E-state index is 12.4. The van der Waals surface area contributed by atoms with E-state index >= 15 is 0 Å². The summed E-state index contributed by atoms with van der Waals surface area (Å²) in [5.41, 5.74) is 1.04. The molecule has 0 amide bonds. The van der Waals surface area contributed by atoms with Crippen molar-refractivity contribution in [2.75, 3.05) is 6.61 Å². The summed E-state index contributed by atoms with van der Waals surface area (Å²) in [6, 6.07) is 6.76. The van der Waals surface area contributed by atoms with E-state index < -0.39 is 10.0 Å². The Hall–Kier alpha value is -1.17. The SMILES string of the molecule is C/C=C/CO[C@@H]1CCC[C@H]1NS(=O)(=O)c1ccc(C)cc1. The van der Waals surface area contributed by atoms with Crippen LogP contribution in [0.3, 0.4) is 0 Å². The quantitative estimate of drug-likeness (QED) is 0.822. The average molecular weight is 309 g/mol. The van der Waals surface area contributed by atoms with E-state index in [4.69, 9.17) is 4.74 Å². The van der Waals surface area contributed by atoms with E-state index in [-0.39, 0.29) is 12.1 Å². The van der Waals surface area contributed by atoms with Gasteiger partial charge in [-0.3, -0.25) is 0 Å². The summed E-state index contributed by atoms with van der Waals surface area (Å²) in [6.07, 6.45) is 6.54. The van der Waals surface area contributed by atoms with Crippen molar-refractivity contribution < 1.29 is 13.2 Å². The summed E-state index contributed by atoms with van der Waals surface area (Å²) in [7, 11) is -3.47. The van der Waals surface area contributed by atoms with Gasteiger partial charge in [-0.1, -0.05) is 29.8 Å². The van der Waals surface area contributed by atoms with E-state index in [1.165, 1.54) is 0 Å². The minimum absolute atomic E-state index is 0.0403. The van der Waals surface area contributed by atoms with Crippen molar-refractivity contribution in [3.8, 4) is 0 Å². The van der Waals surface area contributed by atoms with Crippen molar-refractivity contribution in [2.24, 2.45) is 0 Å². The number of hydrogen-bond donors (Lipinski definition) is 1. The first-order valence-corrected chi connectivity index (χ1v) is 8.83. The molecule has 0 radical (unpaired) electrons. The average Bonchev–Trinajstić information content (AvgIpc) is 2.86. The number of rotatable bonds is 6. The van der Waals surface area contributed by atoms with Gasteiger partial charge in [0.25, 0.3) is 0 Å². The normalized spacial score (nSPS) is 23.0. The number of benzene rings is 1. The Kier molecular flexibility index (Phi) is 5.56. The molecule has 1 aromatic rings. The highest BCUT2D eigenvalue weighted by Crippen LogP contribution is 2.24. The molecule has 0 bridgehead atoms. The summed E-state index contributed by atoms with van der Waals surface area (Å²) in [5, 5.41) is 0. The number of aryl methyl sites for hydroxylation is 1. The predicted molar refractivity (Wildman–Crippen MR) is 83.7 cm³/mol. The lowest BCUT2D eigenvalue weighted by Gasteiger charge is -2.21. The summed E-state index contributed by atoms with van der Waals surface area (Å²) in [6.45, 7) is 4.41. The number of ether oxygens (including phenoxy) is 1. The van der Waals surface area contributed by atoms with E-state index in [0.717, 1.165) is 24.8 Å². The first-order valence-electron chi connectivity index (χ1n) is 7.34. The third-order valence-electron chi connectivity index (χ3n) is 3.73. The van der Waals surface area contributed by atoms with Gasteiger partial charge in [-0.25, -0.2) is 13.1 Å². The van der Waals surface area contributed by atoms with Gasteiger partial charge in [0.1, 0.15) is 0 Å². The third-order valence-corrected chi connectivity index (χ3v) is 5.24. The Balaban J connectivity index is 2.03. The molecule has 1 aromatic carbocycles. The molecule has 0 heterocycles. The zero-order chi connectivity index (χ0) is 15.3. The fourth-order valence-corrected chi connectivity index (χ4v) is 3.82. The standard InChI is InChI=1S/C16H23NO3S/c1-3-4-12-20-16-7-5-6-15(16)17-21(18,19)14-10-8-13(2)9-11-14/h3-4,8-11,15-17H,5-7,12H2,1-2H3/b4-3+/t15-,16-/m1/s1. The van der Waals surface area contributed by atoms with Gasteiger partial charge in [-0.2, -0.15) is 0 Å². The molecule has 1 N–H and O–H groups in total. The molecule has 0 saturated heterocycles. The van der Waals surface area contributed by atoms with Gasteiger partial charge in [-0.05, 0) is 45.2 Å². The monoisotopic (exact) mass is 309 g/mol. The molecule has 1 aliphatic rings. The summed E-state index contributed by atoms with van der Waals surface area (Å²) < 4.78 is 33.3. The van der Waals surface area contributed by atoms with Gasteiger partial charge in [0.05, 0.1) is 17.6 Å². The first-order chi connectivity index (χ1) is 10.0. The molecule has 2 atom stereocenters. The number of nitrogens with one attached hydrogen (secondary N) is 1. The molecule has 21 heavy (non-hydrogen) atoms. The second-order valence-corrected chi connectivity index (χ2v) is 7.13. The fourth-order valence-electron chi connectivity index (χ4n) is 2.52. The zero-order valence-electron chi connectivity index (χ0n) is 12.6. The summed E-state index contributed by atoms with van der Waals surface area (Å²) in [5.74, 6) is 0. The van der Waals surface area contributed by atoms with Crippen molar-refractivity contribution in [2.45, 2.75) is 50.2 Å². The molecule has 1 aliphatic carbocycles. The van der Waals surface area contributed by atoms with Gasteiger partial charge in [-0.15, -0.1) is 0 Å². The smallest absolute Gasteiger partial charge is 0.240 e. The Morgan fingerprint density at radius 3 is 2.67 bits per heavy atom. The Bertz CT molecular complexity index is 578. The molecule has 2 rings (SSSR count). The van der Waals surface area contributed by atoms with E-state index in [1.807, 2.05) is 38.1 Å². The lowest BCUT2D eigenvalue weighted by Crippen LogP contribution is -2.41. The molecular weight excluding hydrogens is 286 g/mol. The second-order valence-electron chi connectivity index (χ2n) is 5.41. The van der Waals surface area contributed by atoms with Crippen LogP contribution in [0.1, 0.15) is 31.7 Å². The van der Waals surface area contributed by atoms with E-state index in [1.54, 1.807) is 12.1 Å². The van der Waals surface area contributed by atoms with Crippen LogP contribution in [-0.2, 0) is 14.8 Å². The van der Waals surface area contributed by atoms with Crippen molar-refractivity contribution in [1.29, 1.82) is 0 Å². The van der Waals surface area contributed by atoms with Gasteiger partial charge in [0.2, 0.25) is 10.0 Å². The zero-order valence-corrected chi connectivity index (χ0v) is 13.4. The van der Waals surface area contributed by atoms with E-state index in [0.29, 0.717) is 11.5 Å². The maximum atomic E-state index is 12.4. The van der Waals surface area contributed by atoms with Crippen LogP contribution >= 0.6 is 0 Å². The van der Waals surface area contributed by atoms with Crippen LogP contribution in [0.25, 0.3) is 0 Å². The van der Waals surface area contributed by atoms with Gasteiger partial charge in [0, 0.05) is 6.04 Å². The summed E-state index contributed by atoms with van der Waals surface area (Å²) in [4.78, 5) is 0.312. The molecular formula is C16H23NO3S. The van der Waals surface area contributed by atoms with Crippen molar-refractivity contribution >= 4 is 10.0 Å². The minimum Gasteiger partial charge on any atom is -0.373 e. The van der Waals surface area contributed by atoms with Crippen LogP contribution in [-0.4, -0.2) is 27.2 Å². The van der Waals surface area contributed by atoms with Crippen LogP contribution in [0.15, 0.2) is 41.3 Å². The third kappa shape index (κ3) is 4.40. The lowest BCUT2D eigenvalue weighted by molar-refractivity contribution is 0.0647. The van der Waals surface area contributed by atoms with Crippen molar-refractivity contribution in [1.82, 2.24) is 4.72 Å². The molecule has 5 heteroatoms. The number of hydrogen-bond acceptors (Lipinski definition) is 3. The van der Waals surface area contributed by atoms with Crippen LogP contribution in [0.5, 0.6) is 0 Å². The van der Waals surface area contributed by atoms with E-state index in [9.17, 15) is 8.42 Å². The van der Waals surface area contributed by atoms with E-state index in [2.05, 4.69) is 4.72 Å². The lowest BCUT2D eigenvalue weighted by atomic mass is 10.2. The molecule has 0 unspecified atom stereocenters. The first kappa shape index (κ1) is 16.2. The molecule has 116 valence electrons. The highest BCUT2D eigenvalue weighted by Gasteiger charge is 2.31. The van der Waals surface area contributed by atoms with Gasteiger partial charge < -0.3 is 4.74 Å². The highest BCUT2D eigenvalue weighted by atomic mass is 32.2. The van der Waals surface area contributed by atoms with Crippen LogP contribution in [0, 0.1) is 6.92 Å². The second kappa shape index (κ2) is 7.20. The highest BCUT2D eigenvalue weighted by molar-refractivity contribution is 7.89. The number of allylic oxidation sites excluding steroid dienone is 1. The molecule has 4 nitrogen and oxygen atoms in total. The Labute approximate surface area is 127 Å². The minimum atomic E-state index is -3.47. The Morgan fingerprint density at radius 1 is 1.29 bits per heavy atom. The van der Waals surface area contributed by atoms with Crippen LogP contribution in [0.2, 0.25) is 0 Å². The maximum Gasteiger partial charge on any atom is 0.240 e. The summed E-state index contributed by atoms with van der Waals surface area (Å²) >= 11 is 0. The van der Waals surface area contributed by atoms with Crippen molar-refractivity contribution in [3.63, 3.8) is 0 Å². The largest absolute Gasteiger partial charge is 0.373 e. The molecule has 1 saturated carbocycles. The molecule has 0 aliphatic heterocycles. The predicted octanol–water partition coefficient (Wildman–Crippen LogP) is 2.79.